The van der Waals surface area contributed by atoms with E-state index in [4.69, 9.17) is 5.21 Å². The molecule has 0 amide bonds. The van der Waals surface area contributed by atoms with E-state index in [1.807, 2.05) is 6.92 Å². The Labute approximate surface area is 85.7 Å². The van der Waals surface area contributed by atoms with Crippen LogP contribution in [0.3, 0.4) is 0 Å². The number of rotatable bonds is 1. The molecular weight excluding hydrogens is 174 g/mol. The maximum absolute atomic E-state index is 8.80. The third kappa shape index (κ3) is 1.20. The molecular formula is C12H19NO. The maximum Gasteiger partial charge on any atom is 0.0611 e. The Hall–Kier alpha value is -0.790. The second-order valence-electron chi connectivity index (χ2n) is 5.39. The standard InChI is InChI=1S/C12H19NO/c1-7-5-10-11(12(10,3)4)6-9(7)8(2)13-14/h5,9-11,14H,6H2,1-4H3/b13-8-. The minimum absolute atomic E-state index is 0.378. The van der Waals surface area contributed by atoms with E-state index in [0.29, 0.717) is 11.3 Å². The molecule has 3 unspecified atom stereocenters. The van der Waals surface area contributed by atoms with Crippen LogP contribution in [0.2, 0.25) is 0 Å². The van der Waals surface area contributed by atoms with Gasteiger partial charge in [-0.25, -0.2) is 0 Å². The highest BCUT2D eigenvalue weighted by molar-refractivity contribution is 5.86. The lowest BCUT2D eigenvalue weighted by Crippen LogP contribution is -2.17. The van der Waals surface area contributed by atoms with Crippen LogP contribution < -0.4 is 0 Å². The van der Waals surface area contributed by atoms with Crippen LogP contribution in [-0.4, -0.2) is 10.9 Å². The molecule has 1 N–H and O–H groups in total. The zero-order chi connectivity index (χ0) is 10.5. The number of allylic oxidation sites excluding steroid dienone is 2. The van der Waals surface area contributed by atoms with Crippen molar-refractivity contribution < 1.29 is 5.21 Å². The van der Waals surface area contributed by atoms with Gasteiger partial charge >= 0.3 is 0 Å². The number of hydrogen-bond acceptors (Lipinski definition) is 2. The summed E-state index contributed by atoms with van der Waals surface area (Å²) in [4.78, 5) is 0. The lowest BCUT2D eigenvalue weighted by molar-refractivity contribution is 0.314. The summed E-state index contributed by atoms with van der Waals surface area (Å²) in [5.41, 5.74) is 2.72. The third-order valence-electron chi connectivity index (χ3n) is 4.28. The Bertz CT molecular complexity index is 314. The Morgan fingerprint density at radius 3 is 2.79 bits per heavy atom. The molecule has 0 radical (unpaired) electrons. The highest BCUT2D eigenvalue weighted by Crippen LogP contribution is 2.64. The van der Waals surface area contributed by atoms with Crippen molar-refractivity contribution in [2.45, 2.75) is 34.1 Å². The average Bonchev–Trinajstić information content (AvgIpc) is 2.66. The summed E-state index contributed by atoms with van der Waals surface area (Å²) in [6.45, 7) is 8.74. The van der Waals surface area contributed by atoms with Crippen molar-refractivity contribution in [1.82, 2.24) is 0 Å². The fourth-order valence-electron chi connectivity index (χ4n) is 2.98. The first-order valence-corrected chi connectivity index (χ1v) is 5.35. The topological polar surface area (TPSA) is 32.6 Å². The predicted molar refractivity (Wildman–Crippen MR) is 57.5 cm³/mol. The summed E-state index contributed by atoms with van der Waals surface area (Å²) >= 11 is 0. The van der Waals surface area contributed by atoms with Crippen molar-refractivity contribution in [3.05, 3.63) is 11.6 Å². The second-order valence-corrected chi connectivity index (χ2v) is 5.39. The highest BCUT2D eigenvalue weighted by atomic mass is 16.4. The van der Waals surface area contributed by atoms with Gasteiger partial charge < -0.3 is 5.21 Å². The van der Waals surface area contributed by atoms with Gasteiger partial charge in [0.2, 0.25) is 0 Å². The molecule has 0 bridgehead atoms. The monoisotopic (exact) mass is 193 g/mol. The molecule has 0 aromatic carbocycles. The van der Waals surface area contributed by atoms with Crippen LogP contribution in [-0.2, 0) is 0 Å². The van der Waals surface area contributed by atoms with Gasteiger partial charge in [-0.1, -0.05) is 30.7 Å². The quantitative estimate of drug-likeness (QED) is 0.295. The smallest absolute Gasteiger partial charge is 0.0611 e. The van der Waals surface area contributed by atoms with E-state index < -0.39 is 0 Å². The minimum Gasteiger partial charge on any atom is -0.411 e. The lowest BCUT2D eigenvalue weighted by Gasteiger charge is -2.20. The molecule has 2 nitrogen and oxygen atoms in total. The molecule has 3 atom stereocenters. The van der Waals surface area contributed by atoms with E-state index in [-0.39, 0.29) is 0 Å². The van der Waals surface area contributed by atoms with Crippen LogP contribution in [0.25, 0.3) is 0 Å². The van der Waals surface area contributed by atoms with Crippen LogP contribution >= 0.6 is 0 Å². The Balaban J connectivity index is 2.21. The first-order valence-electron chi connectivity index (χ1n) is 5.35. The Kier molecular flexibility index (Phi) is 1.98. The second kappa shape index (κ2) is 2.85. The van der Waals surface area contributed by atoms with Gasteiger partial charge in [0, 0.05) is 5.92 Å². The molecule has 78 valence electrons. The van der Waals surface area contributed by atoms with Crippen LogP contribution in [0, 0.1) is 23.2 Å². The molecule has 0 saturated heterocycles. The van der Waals surface area contributed by atoms with Gasteiger partial charge in [0.05, 0.1) is 5.71 Å². The largest absolute Gasteiger partial charge is 0.411 e. The SMILES string of the molecule is CC1=CC2C(CC1/C(C)=N\O)C2(C)C. The molecule has 0 aromatic heterocycles. The normalized spacial score (nSPS) is 40.1. The summed E-state index contributed by atoms with van der Waals surface area (Å²) in [5, 5.41) is 12.1. The summed E-state index contributed by atoms with van der Waals surface area (Å²) in [7, 11) is 0. The van der Waals surface area contributed by atoms with Crippen molar-refractivity contribution >= 4 is 5.71 Å². The Morgan fingerprint density at radius 1 is 1.57 bits per heavy atom. The number of nitrogens with zero attached hydrogens (tertiary/aromatic N) is 1. The van der Waals surface area contributed by atoms with Crippen LogP contribution in [0.4, 0.5) is 0 Å². The fourth-order valence-corrected chi connectivity index (χ4v) is 2.98. The highest BCUT2D eigenvalue weighted by Gasteiger charge is 2.58. The van der Waals surface area contributed by atoms with Gasteiger partial charge in [0.15, 0.2) is 0 Å². The molecule has 0 spiro atoms. The van der Waals surface area contributed by atoms with Crippen molar-refractivity contribution in [3.63, 3.8) is 0 Å². The summed E-state index contributed by atoms with van der Waals surface area (Å²) in [5.74, 6) is 1.95. The van der Waals surface area contributed by atoms with Gasteiger partial charge in [-0.3, -0.25) is 0 Å². The van der Waals surface area contributed by atoms with Gasteiger partial charge in [-0.2, -0.15) is 0 Å². The molecule has 0 heterocycles. The summed E-state index contributed by atoms with van der Waals surface area (Å²) in [6.07, 6.45) is 3.55. The Morgan fingerprint density at radius 2 is 2.21 bits per heavy atom. The van der Waals surface area contributed by atoms with Crippen LogP contribution in [0.15, 0.2) is 16.8 Å². The zero-order valence-corrected chi connectivity index (χ0v) is 9.41. The maximum atomic E-state index is 8.80. The average molecular weight is 193 g/mol. The zero-order valence-electron chi connectivity index (χ0n) is 9.41. The molecule has 2 aliphatic rings. The van der Waals surface area contributed by atoms with E-state index in [2.05, 4.69) is 32.0 Å². The van der Waals surface area contributed by atoms with Crippen molar-refractivity contribution in [3.8, 4) is 0 Å². The minimum atomic E-state index is 0.378. The van der Waals surface area contributed by atoms with Crippen molar-refractivity contribution in [1.29, 1.82) is 0 Å². The summed E-state index contributed by atoms with van der Waals surface area (Å²) in [6, 6.07) is 0. The fraction of sp³-hybridized carbons (Fsp3) is 0.750. The number of hydrogen-bond donors (Lipinski definition) is 1. The van der Waals surface area contributed by atoms with Crippen LogP contribution in [0.1, 0.15) is 34.1 Å². The number of fused-ring (bicyclic) bond motifs is 1. The molecule has 0 aliphatic heterocycles. The molecule has 2 rings (SSSR count). The van der Waals surface area contributed by atoms with Gasteiger partial charge in [-0.05, 0) is 37.5 Å². The first kappa shape index (κ1) is 9.75. The molecule has 1 fully saturated rings. The first-order chi connectivity index (χ1) is 6.48. The van der Waals surface area contributed by atoms with Gasteiger partial charge in [0.25, 0.3) is 0 Å². The summed E-state index contributed by atoms with van der Waals surface area (Å²) < 4.78 is 0. The van der Waals surface area contributed by atoms with E-state index in [9.17, 15) is 0 Å². The molecule has 14 heavy (non-hydrogen) atoms. The van der Waals surface area contributed by atoms with Gasteiger partial charge in [0.1, 0.15) is 0 Å². The third-order valence-corrected chi connectivity index (χ3v) is 4.28. The van der Waals surface area contributed by atoms with Gasteiger partial charge in [-0.15, -0.1) is 0 Å². The van der Waals surface area contributed by atoms with E-state index in [0.717, 1.165) is 24.0 Å². The van der Waals surface area contributed by atoms with E-state index in [1.165, 1.54) is 5.57 Å². The number of oxime groups is 1. The predicted octanol–water partition coefficient (Wildman–Crippen LogP) is 3.07. The molecule has 2 aliphatic carbocycles. The van der Waals surface area contributed by atoms with E-state index in [1.54, 1.807) is 0 Å². The molecule has 1 saturated carbocycles. The van der Waals surface area contributed by atoms with Crippen molar-refractivity contribution in [2.75, 3.05) is 0 Å². The molecule has 0 aromatic rings. The van der Waals surface area contributed by atoms with Crippen LogP contribution in [0.5, 0.6) is 0 Å². The van der Waals surface area contributed by atoms with E-state index >= 15 is 0 Å². The lowest BCUT2D eigenvalue weighted by atomic mass is 9.85. The van der Waals surface area contributed by atoms with Crippen molar-refractivity contribution in [2.24, 2.45) is 28.3 Å². The molecule has 2 heteroatoms.